The molecule has 8 heteroatoms. The van der Waals surface area contributed by atoms with Gasteiger partial charge in [-0.05, 0) is 24.3 Å². The lowest BCUT2D eigenvalue weighted by Crippen LogP contribution is -2.34. The van der Waals surface area contributed by atoms with E-state index in [9.17, 15) is 9.59 Å². The Labute approximate surface area is 160 Å². The maximum atomic E-state index is 12.1. The minimum atomic E-state index is -0.695. The average molecular weight is 398 g/mol. The van der Waals surface area contributed by atoms with E-state index in [0.29, 0.717) is 5.69 Å². The summed E-state index contributed by atoms with van der Waals surface area (Å²) in [4.78, 5) is 28.4. The van der Waals surface area contributed by atoms with E-state index in [4.69, 9.17) is 23.2 Å². The molecule has 0 unspecified atom stereocenters. The topological polar surface area (TPSA) is 71.1 Å². The maximum absolute atomic E-state index is 12.1. The van der Waals surface area contributed by atoms with Crippen LogP contribution in [0.1, 0.15) is 31.1 Å². The summed E-state index contributed by atoms with van der Waals surface area (Å²) in [6.07, 6.45) is 1.53. The second-order valence-corrected chi connectivity index (χ2v) is 8.77. The molecule has 2 aromatic rings. The molecule has 0 bridgehead atoms. The van der Waals surface area contributed by atoms with Crippen LogP contribution in [0.25, 0.3) is 0 Å². The number of benzene rings is 1. The third-order valence-corrected chi connectivity index (χ3v) is 4.51. The fourth-order valence-corrected chi connectivity index (χ4v) is 3.31. The first-order valence-electron chi connectivity index (χ1n) is 7.37. The smallest absolute Gasteiger partial charge is 0.306 e. The molecule has 0 aliphatic heterocycles. The third kappa shape index (κ3) is 5.92. The van der Waals surface area contributed by atoms with Crippen molar-refractivity contribution in [3.8, 4) is 0 Å². The van der Waals surface area contributed by atoms with Crippen LogP contribution < -0.4 is 10.6 Å². The van der Waals surface area contributed by atoms with Crippen LogP contribution in [-0.2, 0) is 0 Å². The highest BCUT2D eigenvalue weighted by Gasteiger charge is 2.17. The molecular formula is C17H17Cl2N3O2S. The van der Waals surface area contributed by atoms with Gasteiger partial charge in [-0.3, -0.25) is 10.1 Å². The summed E-state index contributed by atoms with van der Waals surface area (Å²) in [5, 5.41) is 5.91. The number of rotatable bonds is 3. The lowest BCUT2D eigenvalue weighted by molar-refractivity contribution is 0.0967. The highest BCUT2D eigenvalue weighted by Crippen LogP contribution is 2.30. The highest BCUT2D eigenvalue weighted by atomic mass is 35.5. The quantitative estimate of drug-likeness (QED) is 0.694. The lowest BCUT2D eigenvalue weighted by Gasteiger charge is -2.16. The van der Waals surface area contributed by atoms with Gasteiger partial charge in [0.05, 0.1) is 32.5 Å². The fraction of sp³-hybridized carbons (Fsp3) is 0.235. The van der Waals surface area contributed by atoms with Gasteiger partial charge >= 0.3 is 6.03 Å². The molecule has 5 nitrogen and oxygen atoms in total. The fourth-order valence-electron chi connectivity index (χ4n) is 1.87. The minimum absolute atomic E-state index is 0.0416. The molecule has 3 amide bonds. The van der Waals surface area contributed by atoms with E-state index in [1.54, 1.807) is 30.0 Å². The van der Waals surface area contributed by atoms with Crippen LogP contribution in [0.4, 0.5) is 10.5 Å². The number of aromatic nitrogens is 1. The van der Waals surface area contributed by atoms with Crippen molar-refractivity contribution in [2.45, 2.75) is 30.5 Å². The first kappa shape index (κ1) is 19.6. The normalized spacial score (nSPS) is 11.1. The van der Waals surface area contributed by atoms with Gasteiger partial charge in [0.1, 0.15) is 0 Å². The van der Waals surface area contributed by atoms with Crippen LogP contribution in [0.3, 0.4) is 0 Å². The molecule has 0 aliphatic carbocycles. The largest absolute Gasteiger partial charge is 0.326 e. The van der Waals surface area contributed by atoms with Gasteiger partial charge in [-0.15, -0.1) is 11.8 Å². The van der Waals surface area contributed by atoms with Crippen LogP contribution in [0.5, 0.6) is 0 Å². The summed E-state index contributed by atoms with van der Waals surface area (Å²) in [6, 6.07) is 7.49. The summed E-state index contributed by atoms with van der Waals surface area (Å²) in [5.41, 5.74) is 0.518. The van der Waals surface area contributed by atoms with Gasteiger partial charge in [0.25, 0.3) is 5.91 Å². The monoisotopic (exact) mass is 397 g/mol. The van der Waals surface area contributed by atoms with Crippen molar-refractivity contribution in [3.05, 3.63) is 52.1 Å². The number of nitrogens with one attached hydrogen (secondary N) is 2. The Morgan fingerprint density at radius 2 is 1.72 bits per heavy atom. The van der Waals surface area contributed by atoms with Crippen molar-refractivity contribution >= 4 is 52.6 Å². The molecular weight excluding hydrogens is 381 g/mol. The second-order valence-electron chi connectivity index (χ2n) is 6.10. The van der Waals surface area contributed by atoms with Crippen LogP contribution >= 0.6 is 35.0 Å². The second kappa shape index (κ2) is 8.08. The first-order chi connectivity index (χ1) is 11.7. The predicted molar refractivity (Wildman–Crippen MR) is 103 cm³/mol. The van der Waals surface area contributed by atoms with Gasteiger partial charge in [0.15, 0.2) is 0 Å². The number of halogens is 2. The van der Waals surface area contributed by atoms with E-state index in [1.165, 1.54) is 18.3 Å². The molecule has 0 saturated carbocycles. The Kier molecular flexibility index (Phi) is 6.32. The van der Waals surface area contributed by atoms with Crippen molar-refractivity contribution in [3.63, 3.8) is 0 Å². The Balaban J connectivity index is 1.99. The van der Waals surface area contributed by atoms with Crippen LogP contribution in [0.2, 0.25) is 10.0 Å². The van der Waals surface area contributed by atoms with Crippen LogP contribution in [-0.4, -0.2) is 21.7 Å². The van der Waals surface area contributed by atoms with E-state index in [0.717, 1.165) is 5.03 Å². The van der Waals surface area contributed by atoms with E-state index in [-0.39, 0.29) is 20.4 Å². The number of pyridine rings is 1. The number of anilines is 1. The van der Waals surface area contributed by atoms with Crippen LogP contribution in [0, 0.1) is 0 Å². The van der Waals surface area contributed by atoms with E-state index in [2.05, 4.69) is 36.4 Å². The number of imide groups is 1. The molecule has 1 aromatic carbocycles. The van der Waals surface area contributed by atoms with Crippen molar-refractivity contribution in [1.82, 2.24) is 10.3 Å². The Morgan fingerprint density at radius 1 is 1.08 bits per heavy atom. The van der Waals surface area contributed by atoms with Crippen LogP contribution in [0.15, 0.2) is 41.6 Å². The number of hydrogen-bond donors (Lipinski definition) is 2. The van der Waals surface area contributed by atoms with Crippen molar-refractivity contribution in [2.24, 2.45) is 0 Å². The molecule has 0 radical (unpaired) electrons. The predicted octanol–water partition coefficient (Wildman–Crippen LogP) is 5.24. The molecule has 0 fully saturated rings. The van der Waals surface area contributed by atoms with Gasteiger partial charge in [-0.1, -0.05) is 50.0 Å². The standard InChI is InChI=1S/C17H17Cl2N3O2S/c1-17(2,3)25-13-8-7-10(9-20-13)21-16(24)22-15(23)14-11(18)5-4-6-12(14)19/h4-9H,1-3H3,(H2,21,22,23,24). The first-order valence-corrected chi connectivity index (χ1v) is 8.94. The summed E-state index contributed by atoms with van der Waals surface area (Å²) < 4.78 is 0.0416. The Bertz CT molecular complexity index is 769. The van der Waals surface area contributed by atoms with Gasteiger partial charge in [-0.2, -0.15) is 0 Å². The zero-order chi connectivity index (χ0) is 18.6. The molecule has 0 spiro atoms. The Morgan fingerprint density at radius 3 is 2.24 bits per heavy atom. The molecule has 0 saturated heterocycles. The number of carbonyl (C=O) groups is 2. The zero-order valence-electron chi connectivity index (χ0n) is 13.9. The molecule has 1 aromatic heterocycles. The number of urea groups is 1. The molecule has 2 rings (SSSR count). The molecule has 2 N–H and O–H groups in total. The lowest BCUT2D eigenvalue weighted by atomic mass is 10.2. The molecule has 132 valence electrons. The van der Waals surface area contributed by atoms with E-state index < -0.39 is 11.9 Å². The zero-order valence-corrected chi connectivity index (χ0v) is 16.2. The van der Waals surface area contributed by atoms with Gasteiger partial charge in [-0.25, -0.2) is 9.78 Å². The van der Waals surface area contributed by atoms with E-state index in [1.807, 2.05) is 0 Å². The van der Waals surface area contributed by atoms with Gasteiger partial charge < -0.3 is 5.32 Å². The highest BCUT2D eigenvalue weighted by molar-refractivity contribution is 8.00. The summed E-state index contributed by atoms with van der Waals surface area (Å²) in [7, 11) is 0. The Hall–Kier alpha value is -1.76. The summed E-state index contributed by atoms with van der Waals surface area (Å²) in [6.45, 7) is 6.26. The molecule has 0 aliphatic rings. The number of carbonyl (C=O) groups excluding carboxylic acids is 2. The molecule has 0 atom stereocenters. The van der Waals surface area contributed by atoms with Crippen molar-refractivity contribution in [1.29, 1.82) is 0 Å². The number of nitrogens with zero attached hydrogens (tertiary/aromatic N) is 1. The third-order valence-electron chi connectivity index (χ3n) is 2.82. The van der Waals surface area contributed by atoms with E-state index >= 15 is 0 Å². The summed E-state index contributed by atoms with van der Waals surface area (Å²) >= 11 is 13.5. The molecule has 25 heavy (non-hydrogen) atoms. The molecule has 1 heterocycles. The SMILES string of the molecule is CC(C)(C)Sc1ccc(NC(=O)NC(=O)c2c(Cl)cccc2Cl)cn1. The number of thioether (sulfide) groups is 1. The number of hydrogen-bond acceptors (Lipinski definition) is 4. The average Bonchev–Trinajstić information content (AvgIpc) is 2.47. The van der Waals surface area contributed by atoms with Crippen molar-refractivity contribution < 1.29 is 9.59 Å². The van der Waals surface area contributed by atoms with Crippen molar-refractivity contribution in [2.75, 3.05) is 5.32 Å². The summed E-state index contributed by atoms with van der Waals surface area (Å²) in [5.74, 6) is -0.680. The van der Waals surface area contributed by atoms with Gasteiger partial charge in [0.2, 0.25) is 0 Å². The maximum Gasteiger partial charge on any atom is 0.326 e. The van der Waals surface area contributed by atoms with Gasteiger partial charge in [0, 0.05) is 4.75 Å². The number of amides is 3. The minimum Gasteiger partial charge on any atom is -0.306 e.